The van der Waals surface area contributed by atoms with Gasteiger partial charge in [0.2, 0.25) is 0 Å². The van der Waals surface area contributed by atoms with Crippen molar-refractivity contribution in [3.63, 3.8) is 0 Å². The van der Waals surface area contributed by atoms with Gasteiger partial charge in [0.1, 0.15) is 10.3 Å². The lowest BCUT2D eigenvalue weighted by atomic mass is 10.2. The number of amides is 1. The summed E-state index contributed by atoms with van der Waals surface area (Å²) in [5.74, 6) is -0.132. The highest BCUT2D eigenvalue weighted by molar-refractivity contribution is 6.33. The summed E-state index contributed by atoms with van der Waals surface area (Å²) in [5, 5.41) is 0.428. The summed E-state index contributed by atoms with van der Waals surface area (Å²) in [7, 11) is 3.35. The Hall–Kier alpha value is -0.840. The summed E-state index contributed by atoms with van der Waals surface area (Å²) in [6, 6.07) is 3.01. The van der Waals surface area contributed by atoms with Crippen molar-refractivity contribution in [2.24, 2.45) is 0 Å². The molecule has 0 saturated heterocycles. The normalized spacial score (nSPS) is 10.4. The number of carbonyl (C=O) groups excluding carboxylic acids is 1. The first kappa shape index (κ1) is 14.2. The van der Waals surface area contributed by atoms with Crippen molar-refractivity contribution in [1.82, 2.24) is 9.88 Å². The molecule has 0 aromatic carbocycles. The molecule has 0 atom stereocenters. The van der Waals surface area contributed by atoms with Crippen LogP contribution >= 0.6 is 23.2 Å². The molecule has 94 valence electrons. The number of carbonyl (C=O) groups is 1. The Morgan fingerprint density at radius 3 is 2.53 bits per heavy atom. The number of nitrogens with zero attached hydrogens (tertiary/aromatic N) is 2. The number of halogens is 2. The van der Waals surface area contributed by atoms with Crippen molar-refractivity contribution in [2.75, 3.05) is 27.3 Å². The summed E-state index contributed by atoms with van der Waals surface area (Å²) in [4.78, 5) is 17.4. The van der Waals surface area contributed by atoms with E-state index in [1.54, 1.807) is 19.1 Å². The number of pyridine rings is 1. The van der Waals surface area contributed by atoms with E-state index in [0.717, 1.165) is 6.42 Å². The maximum atomic E-state index is 12.0. The zero-order valence-electron chi connectivity index (χ0n) is 9.74. The molecule has 4 nitrogen and oxygen atoms in total. The van der Waals surface area contributed by atoms with Crippen LogP contribution in [0.25, 0.3) is 0 Å². The fraction of sp³-hybridized carbons (Fsp3) is 0.455. The molecule has 1 aromatic heterocycles. The Morgan fingerprint density at radius 2 is 2.00 bits per heavy atom. The van der Waals surface area contributed by atoms with Gasteiger partial charge < -0.3 is 9.64 Å². The molecular weight excluding hydrogens is 263 g/mol. The summed E-state index contributed by atoms with van der Waals surface area (Å²) in [5.41, 5.74) is 0.440. The first-order valence-electron chi connectivity index (χ1n) is 5.12. The highest BCUT2D eigenvalue weighted by atomic mass is 35.5. The van der Waals surface area contributed by atoms with Gasteiger partial charge in [-0.3, -0.25) is 4.79 Å². The highest BCUT2D eigenvalue weighted by Crippen LogP contribution is 2.15. The quantitative estimate of drug-likeness (QED) is 0.613. The van der Waals surface area contributed by atoms with Gasteiger partial charge in [-0.15, -0.1) is 0 Å². The van der Waals surface area contributed by atoms with Gasteiger partial charge in [0, 0.05) is 32.9 Å². The SMILES string of the molecule is COCCCN(C)C(=O)c1cc(Cl)nc(Cl)c1. The molecule has 1 aromatic rings. The number of hydrogen-bond acceptors (Lipinski definition) is 3. The Bertz CT molecular complexity index is 379. The fourth-order valence-electron chi connectivity index (χ4n) is 1.36. The van der Waals surface area contributed by atoms with E-state index >= 15 is 0 Å². The third-order valence-corrected chi connectivity index (χ3v) is 2.59. The molecule has 1 heterocycles. The lowest BCUT2D eigenvalue weighted by Crippen LogP contribution is -2.28. The summed E-state index contributed by atoms with van der Waals surface area (Å²) in [6.07, 6.45) is 0.783. The van der Waals surface area contributed by atoms with Gasteiger partial charge in [0.15, 0.2) is 0 Å². The van der Waals surface area contributed by atoms with Crippen LogP contribution in [0.4, 0.5) is 0 Å². The molecule has 0 spiro atoms. The van der Waals surface area contributed by atoms with E-state index in [0.29, 0.717) is 18.7 Å². The predicted molar refractivity (Wildman–Crippen MR) is 67.7 cm³/mol. The Labute approximate surface area is 110 Å². The van der Waals surface area contributed by atoms with Crippen LogP contribution in [0, 0.1) is 0 Å². The maximum Gasteiger partial charge on any atom is 0.253 e. The Kier molecular flexibility index (Phi) is 5.68. The summed E-state index contributed by atoms with van der Waals surface area (Å²) < 4.78 is 4.93. The van der Waals surface area contributed by atoms with E-state index in [4.69, 9.17) is 27.9 Å². The molecule has 1 amide bonds. The summed E-state index contributed by atoms with van der Waals surface area (Å²) >= 11 is 11.5. The third kappa shape index (κ3) is 4.50. The topological polar surface area (TPSA) is 42.4 Å². The zero-order chi connectivity index (χ0) is 12.8. The molecule has 0 aliphatic heterocycles. The molecule has 0 unspecified atom stereocenters. The molecule has 0 saturated carbocycles. The van der Waals surface area contributed by atoms with E-state index in [2.05, 4.69) is 4.98 Å². The van der Waals surface area contributed by atoms with Gasteiger partial charge in [-0.2, -0.15) is 0 Å². The second-order valence-electron chi connectivity index (χ2n) is 3.57. The van der Waals surface area contributed by atoms with Crippen LogP contribution in [-0.2, 0) is 4.74 Å². The molecule has 17 heavy (non-hydrogen) atoms. The molecule has 0 fully saturated rings. The number of methoxy groups -OCH3 is 1. The van der Waals surface area contributed by atoms with E-state index < -0.39 is 0 Å². The molecular formula is C11H14Cl2N2O2. The average molecular weight is 277 g/mol. The van der Waals surface area contributed by atoms with Crippen molar-refractivity contribution in [3.8, 4) is 0 Å². The molecule has 0 aliphatic carbocycles. The van der Waals surface area contributed by atoms with Crippen molar-refractivity contribution < 1.29 is 9.53 Å². The van der Waals surface area contributed by atoms with Crippen LogP contribution in [0.5, 0.6) is 0 Å². The molecule has 0 aliphatic rings. The Morgan fingerprint density at radius 1 is 1.41 bits per heavy atom. The van der Waals surface area contributed by atoms with Crippen LogP contribution < -0.4 is 0 Å². The monoisotopic (exact) mass is 276 g/mol. The average Bonchev–Trinajstić information content (AvgIpc) is 2.27. The van der Waals surface area contributed by atoms with Gasteiger partial charge in [0.05, 0.1) is 0 Å². The number of ether oxygens (including phenoxy) is 1. The van der Waals surface area contributed by atoms with Gasteiger partial charge >= 0.3 is 0 Å². The van der Waals surface area contributed by atoms with Crippen molar-refractivity contribution in [2.45, 2.75) is 6.42 Å². The van der Waals surface area contributed by atoms with Crippen molar-refractivity contribution in [1.29, 1.82) is 0 Å². The maximum absolute atomic E-state index is 12.0. The van der Waals surface area contributed by atoms with Crippen LogP contribution in [0.1, 0.15) is 16.8 Å². The van der Waals surface area contributed by atoms with E-state index in [9.17, 15) is 4.79 Å². The van der Waals surface area contributed by atoms with Crippen LogP contribution in [0.2, 0.25) is 10.3 Å². The van der Waals surface area contributed by atoms with Gasteiger partial charge in [-0.1, -0.05) is 23.2 Å². The lowest BCUT2D eigenvalue weighted by Gasteiger charge is -2.17. The minimum absolute atomic E-state index is 0.132. The van der Waals surface area contributed by atoms with Gasteiger partial charge in [-0.25, -0.2) is 4.98 Å². The number of aromatic nitrogens is 1. The number of rotatable bonds is 5. The second kappa shape index (κ2) is 6.79. The van der Waals surface area contributed by atoms with Crippen LogP contribution in [0.15, 0.2) is 12.1 Å². The highest BCUT2D eigenvalue weighted by Gasteiger charge is 2.13. The largest absolute Gasteiger partial charge is 0.385 e. The Balaban J connectivity index is 2.68. The van der Waals surface area contributed by atoms with Gasteiger partial charge in [0.25, 0.3) is 5.91 Å². The first-order valence-corrected chi connectivity index (χ1v) is 5.87. The van der Waals surface area contributed by atoms with Gasteiger partial charge in [-0.05, 0) is 18.6 Å². The standard InChI is InChI=1S/C11H14Cl2N2O2/c1-15(4-3-5-17-2)11(16)8-6-9(12)14-10(13)7-8/h6-7H,3-5H2,1-2H3. The molecule has 0 bridgehead atoms. The van der Waals surface area contributed by atoms with Crippen LogP contribution in [0.3, 0.4) is 0 Å². The number of hydrogen-bond donors (Lipinski definition) is 0. The molecule has 0 N–H and O–H groups in total. The molecule has 1 rings (SSSR count). The fourth-order valence-corrected chi connectivity index (χ4v) is 1.82. The first-order chi connectivity index (χ1) is 8.04. The van der Waals surface area contributed by atoms with Crippen molar-refractivity contribution >= 4 is 29.1 Å². The van der Waals surface area contributed by atoms with Crippen LogP contribution in [-0.4, -0.2) is 43.1 Å². The minimum atomic E-state index is -0.132. The predicted octanol–water partition coefficient (Wildman–Crippen LogP) is 2.50. The van der Waals surface area contributed by atoms with Crippen molar-refractivity contribution in [3.05, 3.63) is 28.0 Å². The third-order valence-electron chi connectivity index (χ3n) is 2.20. The smallest absolute Gasteiger partial charge is 0.253 e. The van der Waals surface area contributed by atoms with E-state index in [1.807, 2.05) is 0 Å². The van der Waals surface area contributed by atoms with E-state index in [1.165, 1.54) is 12.1 Å². The van der Waals surface area contributed by atoms with E-state index in [-0.39, 0.29) is 16.2 Å². The zero-order valence-corrected chi connectivity index (χ0v) is 11.3. The summed E-state index contributed by atoms with van der Waals surface area (Å²) in [6.45, 7) is 1.24. The second-order valence-corrected chi connectivity index (χ2v) is 4.35. The molecule has 0 radical (unpaired) electrons. The lowest BCUT2D eigenvalue weighted by molar-refractivity contribution is 0.0779. The minimum Gasteiger partial charge on any atom is -0.385 e. The molecule has 6 heteroatoms.